The zero-order valence-corrected chi connectivity index (χ0v) is 20.1. The molecule has 34 heavy (non-hydrogen) atoms. The van der Waals surface area contributed by atoms with Gasteiger partial charge in [0, 0.05) is 49.7 Å². The maximum Gasteiger partial charge on any atom is 0.275 e. The largest absolute Gasteiger partial charge is 0.382 e. The third kappa shape index (κ3) is 5.72. The fraction of sp³-hybridized carbons (Fsp3) is 0.444. The Balaban J connectivity index is 1.44. The van der Waals surface area contributed by atoms with Crippen LogP contribution < -0.4 is 10.9 Å². The first-order valence-corrected chi connectivity index (χ1v) is 12.2. The van der Waals surface area contributed by atoms with Crippen molar-refractivity contribution in [2.45, 2.75) is 39.8 Å². The number of ether oxygens (including phenoxy) is 1. The minimum Gasteiger partial charge on any atom is -0.382 e. The lowest BCUT2D eigenvalue weighted by atomic mass is 9.96. The summed E-state index contributed by atoms with van der Waals surface area (Å²) >= 11 is 0. The van der Waals surface area contributed by atoms with Crippen LogP contribution >= 0.6 is 0 Å². The Kier molecular flexibility index (Phi) is 8.08. The summed E-state index contributed by atoms with van der Waals surface area (Å²) in [5.41, 5.74) is 2.91. The second-order valence-electron chi connectivity index (χ2n) is 8.94. The number of carbonyl (C=O) groups is 1. The standard InChI is InChI=1S/C27H34N4O3/c1-3-34-18-6-15-28-26(32)22-13-16-30(17-14-22)19-31-27(33)24-8-5-4-7-23(24)25(29-31)21-11-9-20(2)10-12-21/h4-5,7-12,22H,3,6,13-19H2,1-2H3,(H,28,32). The summed E-state index contributed by atoms with van der Waals surface area (Å²) in [7, 11) is 0. The predicted octanol–water partition coefficient (Wildman–Crippen LogP) is 3.58. The molecule has 1 N–H and O–H groups in total. The number of carbonyl (C=O) groups excluding carboxylic acids is 1. The van der Waals surface area contributed by atoms with Crippen molar-refractivity contribution in [3.8, 4) is 11.3 Å². The molecule has 7 heteroatoms. The number of aromatic nitrogens is 2. The summed E-state index contributed by atoms with van der Waals surface area (Å²) < 4.78 is 6.89. The number of hydrogen-bond acceptors (Lipinski definition) is 5. The maximum atomic E-state index is 13.2. The first-order valence-electron chi connectivity index (χ1n) is 12.2. The van der Waals surface area contributed by atoms with Crippen LogP contribution in [0.2, 0.25) is 0 Å². The van der Waals surface area contributed by atoms with E-state index in [1.54, 1.807) is 4.68 Å². The average Bonchev–Trinajstić information content (AvgIpc) is 2.86. The number of rotatable bonds is 9. The predicted molar refractivity (Wildman–Crippen MR) is 135 cm³/mol. The molecule has 1 saturated heterocycles. The number of aryl methyl sites for hydroxylation is 1. The van der Waals surface area contributed by atoms with E-state index in [0.29, 0.717) is 31.8 Å². The van der Waals surface area contributed by atoms with Gasteiger partial charge in [-0.25, -0.2) is 4.68 Å². The van der Waals surface area contributed by atoms with E-state index in [2.05, 4.69) is 41.4 Å². The zero-order valence-electron chi connectivity index (χ0n) is 20.1. The molecule has 1 amide bonds. The lowest BCUT2D eigenvalue weighted by Crippen LogP contribution is -2.43. The Morgan fingerprint density at radius 3 is 2.50 bits per heavy atom. The van der Waals surface area contributed by atoms with Crippen molar-refractivity contribution in [2.75, 3.05) is 32.8 Å². The monoisotopic (exact) mass is 462 g/mol. The third-order valence-electron chi connectivity index (χ3n) is 6.45. The van der Waals surface area contributed by atoms with Crippen molar-refractivity contribution in [3.05, 3.63) is 64.4 Å². The zero-order chi connectivity index (χ0) is 23.9. The van der Waals surface area contributed by atoms with Crippen molar-refractivity contribution in [1.82, 2.24) is 20.0 Å². The molecule has 1 aromatic heterocycles. The molecule has 0 aliphatic carbocycles. The van der Waals surface area contributed by atoms with Gasteiger partial charge in [0.25, 0.3) is 5.56 Å². The Morgan fingerprint density at radius 2 is 1.79 bits per heavy atom. The van der Waals surface area contributed by atoms with Gasteiger partial charge in [-0.1, -0.05) is 48.0 Å². The molecular weight excluding hydrogens is 428 g/mol. The molecule has 0 atom stereocenters. The normalized spacial score (nSPS) is 15.0. The smallest absolute Gasteiger partial charge is 0.275 e. The molecule has 1 aliphatic heterocycles. The topological polar surface area (TPSA) is 76.5 Å². The molecule has 1 aliphatic rings. The Bertz CT molecular complexity index is 1160. The molecule has 0 spiro atoms. The van der Waals surface area contributed by atoms with Gasteiger partial charge < -0.3 is 10.1 Å². The van der Waals surface area contributed by atoms with Gasteiger partial charge in [-0.3, -0.25) is 14.5 Å². The van der Waals surface area contributed by atoms with Crippen LogP contribution in [0.4, 0.5) is 0 Å². The molecule has 0 saturated carbocycles. The molecule has 7 nitrogen and oxygen atoms in total. The van der Waals surface area contributed by atoms with Crippen molar-refractivity contribution >= 4 is 16.7 Å². The second-order valence-corrected chi connectivity index (χ2v) is 8.94. The van der Waals surface area contributed by atoms with E-state index < -0.39 is 0 Å². The molecule has 3 aromatic rings. The van der Waals surface area contributed by atoms with Crippen LogP contribution in [0.1, 0.15) is 31.7 Å². The number of hydrogen-bond donors (Lipinski definition) is 1. The van der Waals surface area contributed by atoms with E-state index in [0.717, 1.165) is 49.0 Å². The van der Waals surface area contributed by atoms with Gasteiger partial charge in [0.1, 0.15) is 0 Å². The summed E-state index contributed by atoms with van der Waals surface area (Å²) in [5.74, 6) is 0.145. The number of amides is 1. The van der Waals surface area contributed by atoms with Crippen molar-refractivity contribution in [2.24, 2.45) is 5.92 Å². The van der Waals surface area contributed by atoms with E-state index in [1.165, 1.54) is 5.56 Å². The van der Waals surface area contributed by atoms with Gasteiger partial charge >= 0.3 is 0 Å². The van der Waals surface area contributed by atoms with Crippen LogP contribution in [0.3, 0.4) is 0 Å². The Morgan fingerprint density at radius 1 is 1.09 bits per heavy atom. The van der Waals surface area contributed by atoms with Crippen LogP contribution in [-0.2, 0) is 16.2 Å². The summed E-state index contributed by atoms with van der Waals surface area (Å²) in [5, 5.41) is 9.36. The van der Waals surface area contributed by atoms with Crippen LogP contribution in [0.15, 0.2) is 53.3 Å². The summed E-state index contributed by atoms with van der Waals surface area (Å²) in [4.78, 5) is 27.9. The lowest BCUT2D eigenvalue weighted by molar-refractivity contribution is -0.126. The van der Waals surface area contributed by atoms with E-state index in [4.69, 9.17) is 9.84 Å². The number of nitrogens with one attached hydrogen (secondary N) is 1. The molecular formula is C27H34N4O3. The summed E-state index contributed by atoms with van der Waals surface area (Å²) in [6.07, 6.45) is 2.40. The fourth-order valence-electron chi connectivity index (χ4n) is 4.46. The van der Waals surface area contributed by atoms with Crippen LogP contribution in [0, 0.1) is 12.8 Å². The average molecular weight is 463 g/mol. The maximum absolute atomic E-state index is 13.2. The molecule has 0 radical (unpaired) electrons. The number of piperidine rings is 1. The third-order valence-corrected chi connectivity index (χ3v) is 6.45. The highest BCUT2D eigenvalue weighted by Crippen LogP contribution is 2.25. The van der Waals surface area contributed by atoms with Crippen molar-refractivity contribution in [3.63, 3.8) is 0 Å². The van der Waals surface area contributed by atoms with E-state index in [-0.39, 0.29) is 17.4 Å². The molecule has 180 valence electrons. The number of nitrogens with zero attached hydrogens (tertiary/aromatic N) is 3. The Hall–Kier alpha value is -3.03. The van der Waals surface area contributed by atoms with Gasteiger partial charge in [-0.05, 0) is 39.2 Å². The quantitative estimate of drug-likeness (QED) is 0.492. The van der Waals surface area contributed by atoms with Crippen LogP contribution in [0.25, 0.3) is 22.0 Å². The molecule has 1 fully saturated rings. The van der Waals surface area contributed by atoms with Crippen LogP contribution in [0.5, 0.6) is 0 Å². The van der Waals surface area contributed by atoms with Crippen molar-refractivity contribution in [1.29, 1.82) is 0 Å². The molecule has 4 rings (SSSR count). The fourth-order valence-corrected chi connectivity index (χ4v) is 4.46. The van der Waals surface area contributed by atoms with E-state index >= 15 is 0 Å². The molecule has 0 bridgehead atoms. The first-order chi connectivity index (χ1) is 16.6. The highest BCUT2D eigenvalue weighted by molar-refractivity contribution is 5.93. The number of likely N-dealkylation sites (tertiary alicyclic amines) is 1. The van der Waals surface area contributed by atoms with E-state index in [1.807, 2.05) is 31.2 Å². The van der Waals surface area contributed by atoms with E-state index in [9.17, 15) is 9.59 Å². The minimum absolute atomic E-state index is 0.0211. The SMILES string of the molecule is CCOCCCNC(=O)C1CCN(Cn2nc(-c3ccc(C)cc3)c3ccccc3c2=O)CC1. The number of fused-ring (bicyclic) bond motifs is 1. The second kappa shape index (κ2) is 11.4. The summed E-state index contributed by atoms with van der Waals surface area (Å²) in [6.45, 7) is 8.00. The minimum atomic E-state index is -0.0828. The summed E-state index contributed by atoms with van der Waals surface area (Å²) in [6, 6.07) is 15.9. The first kappa shape index (κ1) is 24.1. The van der Waals surface area contributed by atoms with Crippen molar-refractivity contribution < 1.29 is 9.53 Å². The van der Waals surface area contributed by atoms with Gasteiger partial charge in [-0.2, -0.15) is 5.10 Å². The van der Waals surface area contributed by atoms with Crippen LogP contribution in [-0.4, -0.2) is 53.4 Å². The van der Waals surface area contributed by atoms with Gasteiger partial charge in [0.15, 0.2) is 0 Å². The number of benzene rings is 2. The molecule has 2 aromatic carbocycles. The van der Waals surface area contributed by atoms with Gasteiger partial charge in [-0.15, -0.1) is 0 Å². The Labute approximate surface area is 200 Å². The van der Waals surface area contributed by atoms with Gasteiger partial charge in [0.2, 0.25) is 5.91 Å². The lowest BCUT2D eigenvalue weighted by Gasteiger charge is -2.31. The highest BCUT2D eigenvalue weighted by Gasteiger charge is 2.25. The molecule has 0 unspecified atom stereocenters. The highest BCUT2D eigenvalue weighted by atomic mass is 16.5. The molecule has 2 heterocycles. The van der Waals surface area contributed by atoms with Gasteiger partial charge in [0.05, 0.1) is 17.7 Å².